The zero-order chi connectivity index (χ0) is 19.3. The van der Waals surface area contributed by atoms with Crippen molar-refractivity contribution < 1.29 is 14.3 Å². The normalized spacial score (nSPS) is 23.6. The molecule has 0 aliphatic carbocycles. The van der Waals surface area contributed by atoms with Crippen molar-refractivity contribution in [2.45, 2.75) is 24.9 Å². The van der Waals surface area contributed by atoms with Gasteiger partial charge in [0.25, 0.3) is 0 Å². The number of Topliss-reactive ketones (excluding diaryl/α,β-unsaturated/α-hetero) is 1. The van der Waals surface area contributed by atoms with E-state index in [4.69, 9.17) is 4.74 Å². The number of morpholine rings is 1. The highest BCUT2D eigenvalue weighted by Gasteiger charge is 2.39. The maximum atomic E-state index is 13.5. The Labute approximate surface area is 165 Å². The summed E-state index contributed by atoms with van der Waals surface area (Å²) in [5.41, 5.74) is 2.04. The highest BCUT2D eigenvalue weighted by atomic mass is 16.5. The topological polar surface area (TPSA) is 49.9 Å². The van der Waals surface area contributed by atoms with Gasteiger partial charge in [0.15, 0.2) is 0 Å². The summed E-state index contributed by atoms with van der Waals surface area (Å²) in [4.78, 5) is 30.2. The van der Waals surface area contributed by atoms with Crippen LogP contribution >= 0.6 is 0 Å². The minimum atomic E-state index is -0.221. The van der Waals surface area contributed by atoms with Gasteiger partial charge in [-0.1, -0.05) is 60.7 Å². The Bertz CT molecular complexity index is 752. The number of piperidine rings is 1. The molecule has 28 heavy (non-hydrogen) atoms. The predicted octanol–water partition coefficient (Wildman–Crippen LogP) is 2.99. The van der Waals surface area contributed by atoms with Crippen LogP contribution in [0.3, 0.4) is 0 Å². The van der Waals surface area contributed by atoms with E-state index in [0.29, 0.717) is 32.6 Å². The molecule has 1 amide bonds. The molecule has 0 aromatic heterocycles. The zero-order valence-electron chi connectivity index (χ0n) is 16.0. The number of rotatable bonds is 4. The number of hydrogen-bond acceptors (Lipinski definition) is 4. The third-order valence-electron chi connectivity index (χ3n) is 5.63. The highest BCUT2D eigenvalue weighted by Crippen LogP contribution is 2.40. The van der Waals surface area contributed by atoms with Crippen molar-refractivity contribution in [2.75, 3.05) is 32.8 Å². The maximum absolute atomic E-state index is 13.5. The van der Waals surface area contributed by atoms with Gasteiger partial charge < -0.3 is 9.64 Å². The van der Waals surface area contributed by atoms with Crippen LogP contribution in [0, 0.1) is 0 Å². The molecule has 2 saturated heterocycles. The molecule has 2 heterocycles. The maximum Gasteiger partial charge on any atom is 0.237 e. The average molecular weight is 378 g/mol. The number of carbonyl (C=O) groups is 2. The highest BCUT2D eigenvalue weighted by molar-refractivity contribution is 5.86. The molecule has 2 aromatic carbocycles. The van der Waals surface area contributed by atoms with E-state index in [1.54, 1.807) is 0 Å². The number of amides is 1. The molecule has 2 aliphatic heterocycles. The smallest absolute Gasteiger partial charge is 0.237 e. The average Bonchev–Trinajstić information content (AvgIpc) is 2.75. The number of ketones is 1. The monoisotopic (exact) mass is 378 g/mol. The van der Waals surface area contributed by atoms with Gasteiger partial charge in [0.05, 0.1) is 31.8 Å². The van der Waals surface area contributed by atoms with E-state index >= 15 is 0 Å². The lowest BCUT2D eigenvalue weighted by atomic mass is 9.86. The molecule has 0 radical (unpaired) electrons. The first-order chi connectivity index (χ1) is 13.7. The number of likely N-dealkylation sites (tertiary alicyclic amines) is 1. The van der Waals surface area contributed by atoms with Crippen LogP contribution in [-0.4, -0.2) is 54.3 Å². The van der Waals surface area contributed by atoms with Gasteiger partial charge in [-0.15, -0.1) is 0 Å². The molecular formula is C23H26N2O3. The Morgan fingerprint density at radius 1 is 0.857 bits per heavy atom. The Kier molecular flexibility index (Phi) is 5.84. The second-order valence-electron chi connectivity index (χ2n) is 7.49. The summed E-state index contributed by atoms with van der Waals surface area (Å²) >= 11 is 0. The summed E-state index contributed by atoms with van der Waals surface area (Å²) in [6, 6.07) is 19.4. The van der Waals surface area contributed by atoms with Crippen LogP contribution in [0.25, 0.3) is 0 Å². The molecule has 5 nitrogen and oxygen atoms in total. The SMILES string of the molecule is O=C1CC(c2ccccc2)N(C(=O)CN2CCOCC2)C(c2ccccc2)C1. The standard InChI is InChI=1S/C23H26N2O3/c26-20-15-21(18-7-3-1-4-8-18)25(22(16-20)19-9-5-2-6-10-19)23(27)17-24-11-13-28-14-12-24/h1-10,21-22H,11-17H2. The van der Waals surface area contributed by atoms with Crippen LogP contribution in [-0.2, 0) is 14.3 Å². The van der Waals surface area contributed by atoms with Crippen LogP contribution in [0.15, 0.2) is 60.7 Å². The van der Waals surface area contributed by atoms with E-state index in [0.717, 1.165) is 24.2 Å². The Balaban J connectivity index is 1.67. The van der Waals surface area contributed by atoms with Crippen LogP contribution in [0.4, 0.5) is 0 Å². The Morgan fingerprint density at radius 2 is 1.36 bits per heavy atom. The summed E-state index contributed by atoms with van der Waals surface area (Å²) in [6.07, 6.45) is 0.754. The first-order valence-corrected chi connectivity index (χ1v) is 9.95. The van der Waals surface area contributed by atoms with Crippen molar-refractivity contribution in [2.24, 2.45) is 0 Å². The Morgan fingerprint density at radius 3 is 1.86 bits per heavy atom. The van der Waals surface area contributed by atoms with E-state index in [2.05, 4.69) is 4.90 Å². The molecule has 4 rings (SSSR count). The summed E-state index contributed by atoms with van der Waals surface area (Å²) < 4.78 is 5.41. The van der Waals surface area contributed by atoms with Gasteiger partial charge >= 0.3 is 0 Å². The van der Waals surface area contributed by atoms with Gasteiger partial charge in [0.2, 0.25) is 5.91 Å². The van der Waals surface area contributed by atoms with Crippen LogP contribution in [0.2, 0.25) is 0 Å². The molecule has 5 heteroatoms. The van der Waals surface area contributed by atoms with E-state index in [-0.39, 0.29) is 23.8 Å². The van der Waals surface area contributed by atoms with Crippen molar-refractivity contribution >= 4 is 11.7 Å². The second kappa shape index (κ2) is 8.67. The number of nitrogens with zero attached hydrogens (tertiary/aromatic N) is 2. The third-order valence-corrected chi connectivity index (χ3v) is 5.63. The van der Waals surface area contributed by atoms with Crippen LogP contribution in [0.1, 0.15) is 36.1 Å². The number of ether oxygens (including phenoxy) is 1. The summed E-state index contributed by atoms with van der Waals surface area (Å²) in [6.45, 7) is 3.23. The first-order valence-electron chi connectivity index (χ1n) is 9.95. The van der Waals surface area contributed by atoms with Gasteiger partial charge in [-0.25, -0.2) is 0 Å². The molecular weight excluding hydrogens is 352 g/mol. The predicted molar refractivity (Wildman–Crippen MR) is 107 cm³/mol. The first kappa shape index (κ1) is 18.8. The molecule has 0 N–H and O–H groups in total. The van der Waals surface area contributed by atoms with Crippen LogP contribution in [0.5, 0.6) is 0 Å². The lowest BCUT2D eigenvalue weighted by molar-refractivity contribution is -0.144. The van der Waals surface area contributed by atoms with Gasteiger partial charge in [-0.2, -0.15) is 0 Å². The fraction of sp³-hybridized carbons (Fsp3) is 0.391. The van der Waals surface area contributed by atoms with Gasteiger partial charge in [-0.3, -0.25) is 14.5 Å². The summed E-state index contributed by atoms with van der Waals surface area (Å²) in [5.74, 6) is 0.287. The van der Waals surface area contributed by atoms with E-state index in [9.17, 15) is 9.59 Å². The van der Waals surface area contributed by atoms with Gasteiger partial charge in [0.1, 0.15) is 5.78 Å². The Hall–Kier alpha value is -2.50. The molecule has 0 spiro atoms. The summed E-state index contributed by atoms with van der Waals surface area (Å²) in [7, 11) is 0. The molecule has 2 atom stereocenters. The molecule has 2 aromatic rings. The largest absolute Gasteiger partial charge is 0.379 e. The van der Waals surface area contributed by atoms with E-state index in [1.165, 1.54) is 0 Å². The van der Waals surface area contributed by atoms with Crippen molar-refractivity contribution in [1.29, 1.82) is 0 Å². The third kappa shape index (κ3) is 4.16. The molecule has 0 bridgehead atoms. The van der Waals surface area contributed by atoms with Crippen LogP contribution < -0.4 is 0 Å². The van der Waals surface area contributed by atoms with Crippen molar-refractivity contribution in [1.82, 2.24) is 9.80 Å². The zero-order valence-corrected chi connectivity index (χ0v) is 16.0. The van der Waals surface area contributed by atoms with E-state index < -0.39 is 0 Å². The van der Waals surface area contributed by atoms with E-state index in [1.807, 2.05) is 65.6 Å². The van der Waals surface area contributed by atoms with Gasteiger partial charge in [-0.05, 0) is 11.1 Å². The van der Waals surface area contributed by atoms with Crippen molar-refractivity contribution in [3.05, 3.63) is 71.8 Å². The minimum Gasteiger partial charge on any atom is -0.379 e. The fourth-order valence-electron chi connectivity index (χ4n) is 4.22. The molecule has 2 unspecified atom stereocenters. The lowest BCUT2D eigenvalue weighted by Crippen LogP contribution is -2.49. The number of carbonyl (C=O) groups excluding carboxylic acids is 2. The molecule has 0 saturated carbocycles. The number of benzene rings is 2. The molecule has 2 fully saturated rings. The lowest BCUT2D eigenvalue weighted by Gasteiger charge is -2.43. The second-order valence-corrected chi connectivity index (χ2v) is 7.49. The van der Waals surface area contributed by atoms with Gasteiger partial charge in [0, 0.05) is 25.9 Å². The molecule has 146 valence electrons. The summed E-state index contributed by atoms with van der Waals surface area (Å²) in [5, 5.41) is 0. The molecule has 2 aliphatic rings. The van der Waals surface area contributed by atoms with Crippen molar-refractivity contribution in [3.8, 4) is 0 Å². The fourth-order valence-corrected chi connectivity index (χ4v) is 4.22. The quantitative estimate of drug-likeness (QED) is 0.821. The van der Waals surface area contributed by atoms with Crippen molar-refractivity contribution in [3.63, 3.8) is 0 Å². The minimum absolute atomic E-state index is 0.0807. The number of hydrogen-bond donors (Lipinski definition) is 0.